The van der Waals surface area contributed by atoms with Crippen molar-refractivity contribution in [3.8, 4) is 0 Å². The van der Waals surface area contributed by atoms with E-state index in [0.29, 0.717) is 18.8 Å². The standard InChI is InChI=1S/C12H20N4O3/c1-9(2)15-8-10(16(18)19)7-11(15)12(17)14(4)6-5-13-3/h7-9,13H,5-6H2,1-4H3. The minimum Gasteiger partial charge on any atom is -0.339 e. The summed E-state index contributed by atoms with van der Waals surface area (Å²) in [6, 6.07) is 1.32. The molecule has 0 unspecified atom stereocenters. The molecular weight excluding hydrogens is 248 g/mol. The lowest BCUT2D eigenvalue weighted by Gasteiger charge is -2.19. The molecule has 1 N–H and O–H groups in total. The van der Waals surface area contributed by atoms with Crippen molar-refractivity contribution in [1.82, 2.24) is 14.8 Å². The van der Waals surface area contributed by atoms with Crippen LogP contribution in [-0.2, 0) is 0 Å². The minimum absolute atomic E-state index is 0.00894. The van der Waals surface area contributed by atoms with Crippen LogP contribution in [0.2, 0.25) is 0 Å². The van der Waals surface area contributed by atoms with Gasteiger partial charge in [0.1, 0.15) is 5.69 Å². The maximum atomic E-state index is 12.3. The number of nitrogens with one attached hydrogen (secondary N) is 1. The molecule has 0 aromatic carbocycles. The Morgan fingerprint density at radius 1 is 1.58 bits per heavy atom. The van der Waals surface area contributed by atoms with Gasteiger partial charge >= 0.3 is 0 Å². The lowest BCUT2D eigenvalue weighted by molar-refractivity contribution is -0.384. The minimum atomic E-state index is -0.483. The molecule has 1 aromatic heterocycles. The van der Waals surface area contributed by atoms with Gasteiger partial charge in [0.15, 0.2) is 0 Å². The molecule has 0 bridgehead atoms. The number of amides is 1. The first-order chi connectivity index (χ1) is 8.88. The Kier molecular flexibility index (Phi) is 5.05. The SMILES string of the molecule is CNCCN(C)C(=O)c1cc([N+](=O)[O-])cn1C(C)C. The number of carbonyl (C=O) groups is 1. The first-order valence-corrected chi connectivity index (χ1v) is 6.14. The Labute approximate surface area is 112 Å². The van der Waals surface area contributed by atoms with E-state index in [0.717, 1.165) is 0 Å². The van der Waals surface area contributed by atoms with E-state index in [2.05, 4.69) is 5.32 Å². The van der Waals surface area contributed by atoms with Gasteiger partial charge < -0.3 is 14.8 Å². The zero-order valence-corrected chi connectivity index (χ0v) is 11.7. The highest BCUT2D eigenvalue weighted by Crippen LogP contribution is 2.21. The van der Waals surface area contributed by atoms with Gasteiger partial charge in [0.25, 0.3) is 11.6 Å². The van der Waals surface area contributed by atoms with Gasteiger partial charge in [-0.1, -0.05) is 0 Å². The molecule has 7 nitrogen and oxygen atoms in total. The van der Waals surface area contributed by atoms with E-state index in [4.69, 9.17) is 0 Å². The molecule has 1 rings (SSSR count). The predicted octanol–water partition coefficient (Wildman–Crippen LogP) is 1.27. The van der Waals surface area contributed by atoms with Crippen LogP contribution in [0.15, 0.2) is 12.3 Å². The molecule has 7 heteroatoms. The molecule has 0 saturated carbocycles. The number of rotatable bonds is 6. The first-order valence-electron chi connectivity index (χ1n) is 6.14. The quantitative estimate of drug-likeness (QED) is 0.622. The average Bonchev–Trinajstić information content (AvgIpc) is 2.80. The van der Waals surface area contributed by atoms with Crippen molar-refractivity contribution in [1.29, 1.82) is 0 Å². The van der Waals surface area contributed by atoms with E-state index in [1.54, 1.807) is 23.6 Å². The third-order valence-electron chi connectivity index (χ3n) is 2.86. The summed E-state index contributed by atoms with van der Waals surface area (Å²) in [5.74, 6) is -0.211. The lowest BCUT2D eigenvalue weighted by Crippen LogP contribution is -2.34. The van der Waals surface area contributed by atoms with E-state index in [9.17, 15) is 14.9 Å². The largest absolute Gasteiger partial charge is 0.339 e. The van der Waals surface area contributed by atoms with Crippen molar-refractivity contribution in [2.24, 2.45) is 0 Å². The molecule has 19 heavy (non-hydrogen) atoms. The van der Waals surface area contributed by atoms with E-state index in [1.165, 1.54) is 12.3 Å². The number of nitro groups is 1. The second-order valence-electron chi connectivity index (χ2n) is 4.67. The van der Waals surface area contributed by atoms with E-state index < -0.39 is 4.92 Å². The van der Waals surface area contributed by atoms with Crippen molar-refractivity contribution in [2.75, 3.05) is 27.2 Å². The topological polar surface area (TPSA) is 80.4 Å². The summed E-state index contributed by atoms with van der Waals surface area (Å²) < 4.78 is 1.64. The Morgan fingerprint density at radius 2 is 2.21 bits per heavy atom. The third kappa shape index (κ3) is 3.54. The van der Waals surface area contributed by atoms with Gasteiger partial charge in [-0.15, -0.1) is 0 Å². The predicted molar refractivity (Wildman–Crippen MR) is 72.4 cm³/mol. The maximum absolute atomic E-state index is 12.3. The molecule has 0 aliphatic carbocycles. The highest BCUT2D eigenvalue weighted by molar-refractivity contribution is 5.93. The van der Waals surface area contributed by atoms with Crippen molar-refractivity contribution >= 4 is 11.6 Å². The van der Waals surface area contributed by atoms with E-state index in [-0.39, 0.29) is 17.6 Å². The summed E-state index contributed by atoms with van der Waals surface area (Å²) in [4.78, 5) is 24.1. The van der Waals surface area contributed by atoms with Crippen LogP contribution in [0.5, 0.6) is 0 Å². The number of aromatic nitrogens is 1. The van der Waals surface area contributed by atoms with Crippen LogP contribution in [0.3, 0.4) is 0 Å². The highest BCUT2D eigenvalue weighted by Gasteiger charge is 2.22. The van der Waals surface area contributed by atoms with Crippen molar-refractivity contribution < 1.29 is 9.72 Å². The van der Waals surface area contributed by atoms with E-state index in [1.807, 2.05) is 13.8 Å². The number of nitrogens with zero attached hydrogens (tertiary/aromatic N) is 3. The summed E-state index contributed by atoms with van der Waals surface area (Å²) in [6.45, 7) is 4.99. The summed E-state index contributed by atoms with van der Waals surface area (Å²) >= 11 is 0. The molecule has 0 aliphatic heterocycles. The molecule has 1 amide bonds. The fourth-order valence-corrected chi connectivity index (χ4v) is 1.74. The van der Waals surface area contributed by atoms with Gasteiger partial charge in [-0.25, -0.2) is 0 Å². The highest BCUT2D eigenvalue weighted by atomic mass is 16.6. The molecule has 0 radical (unpaired) electrons. The number of hydrogen-bond acceptors (Lipinski definition) is 4. The average molecular weight is 268 g/mol. The van der Waals surface area contributed by atoms with Crippen LogP contribution in [0.25, 0.3) is 0 Å². The van der Waals surface area contributed by atoms with Crippen molar-refractivity contribution in [3.05, 3.63) is 28.1 Å². The second-order valence-corrected chi connectivity index (χ2v) is 4.67. The third-order valence-corrected chi connectivity index (χ3v) is 2.86. The van der Waals surface area contributed by atoms with Crippen LogP contribution >= 0.6 is 0 Å². The summed E-state index contributed by atoms with van der Waals surface area (Å²) in [7, 11) is 3.49. The van der Waals surface area contributed by atoms with Gasteiger partial charge in [-0.2, -0.15) is 0 Å². The number of hydrogen-bond donors (Lipinski definition) is 1. The monoisotopic (exact) mass is 268 g/mol. The van der Waals surface area contributed by atoms with Gasteiger partial charge in [-0.05, 0) is 20.9 Å². The summed E-state index contributed by atoms with van der Waals surface area (Å²) in [6.07, 6.45) is 1.41. The molecule has 1 aromatic rings. The van der Waals surface area contributed by atoms with Crippen molar-refractivity contribution in [3.63, 3.8) is 0 Å². The van der Waals surface area contributed by atoms with E-state index >= 15 is 0 Å². The molecule has 106 valence electrons. The zero-order chi connectivity index (χ0) is 14.6. The first kappa shape index (κ1) is 15.2. The molecule has 0 fully saturated rings. The summed E-state index contributed by atoms with van der Waals surface area (Å²) in [5, 5.41) is 13.8. The Balaban J connectivity index is 3.03. The smallest absolute Gasteiger partial charge is 0.287 e. The van der Waals surface area contributed by atoms with Crippen LogP contribution < -0.4 is 5.32 Å². The molecule has 0 aliphatic rings. The maximum Gasteiger partial charge on any atom is 0.287 e. The van der Waals surface area contributed by atoms with Gasteiger partial charge in [0.2, 0.25) is 0 Å². The van der Waals surface area contributed by atoms with Gasteiger partial charge in [-0.3, -0.25) is 14.9 Å². The van der Waals surface area contributed by atoms with Crippen molar-refractivity contribution in [2.45, 2.75) is 19.9 Å². The van der Waals surface area contributed by atoms with Crippen LogP contribution in [0.1, 0.15) is 30.4 Å². The van der Waals surface area contributed by atoms with Gasteiger partial charge in [0.05, 0.1) is 11.1 Å². The Hall–Kier alpha value is -1.89. The van der Waals surface area contributed by atoms with Gasteiger partial charge in [0, 0.05) is 32.2 Å². The Bertz CT molecular complexity index is 468. The van der Waals surface area contributed by atoms with Crippen LogP contribution in [0, 0.1) is 10.1 Å². The number of likely N-dealkylation sites (N-methyl/N-ethyl adjacent to an activating group) is 2. The van der Waals surface area contributed by atoms with Crippen LogP contribution in [-0.4, -0.2) is 47.5 Å². The molecular formula is C12H20N4O3. The fraction of sp³-hybridized carbons (Fsp3) is 0.583. The molecule has 0 atom stereocenters. The molecule has 0 spiro atoms. The fourth-order valence-electron chi connectivity index (χ4n) is 1.74. The van der Waals surface area contributed by atoms with Crippen LogP contribution in [0.4, 0.5) is 5.69 Å². The molecule has 1 heterocycles. The second kappa shape index (κ2) is 6.33. The summed E-state index contributed by atoms with van der Waals surface area (Å²) in [5.41, 5.74) is 0.291. The Morgan fingerprint density at radius 3 is 2.68 bits per heavy atom. The zero-order valence-electron chi connectivity index (χ0n) is 11.7. The lowest BCUT2D eigenvalue weighted by atomic mass is 10.3. The normalized spacial score (nSPS) is 10.8. The molecule has 0 saturated heterocycles. The number of carbonyl (C=O) groups excluding carboxylic acids is 1.